The van der Waals surface area contributed by atoms with Gasteiger partial charge in [-0.1, -0.05) is 0 Å². The van der Waals surface area contributed by atoms with Crippen LogP contribution in [0.3, 0.4) is 0 Å². The molecule has 100 valence electrons. The number of carbonyl (C=O) groups excluding carboxylic acids is 1. The molecule has 0 spiro atoms. The summed E-state index contributed by atoms with van der Waals surface area (Å²) in [6.07, 6.45) is 6.12. The van der Waals surface area contributed by atoms with Gasteiger partial charge in [0.15, 0.2) is 0 Å². The number of nitrogens with one attached hydrogen (secondary N) is 2. The molecule has 2 aromatic heterocycles. The minimum atomic E-state index is -0.150. The summed E-state index contributed by atoms with van der Waals surface area (Å²) in [6.45, 7) is 1.40. The zero-order valence-corrected chi connectivity index (χ0v) is 10.8. The van der Waals surface area contributed by atoms with Crippen molar-refractivity contribution in [2.24, 2.45) is 0 Å². The van der Waals surface area contributed by atoms with Crippen molar-refractivity contribution in [1.29, 1.82) is 0 Å². The van der Waals surface area contributed by atoms with E-state index in [2.05, 4.69) is 20.7 Å². The first-order chi connectivity index (χ1) is 9.29. The smallest absolute Gasteiger partial charge is 0.269 e. The molecule has 0 aliphatic heterocycles. The lowest BCUT2D eigenvalue weighted by molar-refractivity contribution is 0.0947. The number of nitrogens with zero attached hydrogens (tertiary/aromatic N) is 3. The van der Waals surface area contributed by atoms with Gasteiger partial charge in [0.25, 0.3) is 5.91 Å². The Bertz CT molecular complexity index is 506. The van der Waals surface area contributed by atoms with Gasteiger partial charge in [0.1, 0.15) is 5.69 Å². The van der Waals surface area contributed by atoms with Gasteiger partial charge in [0.2, 0.25) is 0 Å². The molecule has 19 heavy (non-hydrogen) atoms. The quantitative estimate of drug-likeness (QED) is 0.763. The van der Waals surface area contributed by atoms with Crippen LogP contribution in [0.1, 0.15) is 16.9 Å². The molecule has 0 saturated carbocycles. The second-order valence-corrected chi connectivity index (χ2v) is 4.06. The maximum atomic E-state index is 11.8. The number of anilines is 1. The Morgan fingerprint density at radius 1 is 1.42 bits per heavy atom. The fourth-order valence-corrected chi connectivity index (χ4v) is 1.64. The van der Waals surface area contributed by atoms with Crippen molar-refractivity contribution in [3.8, 4) is 0 Å². The first kappa shape index (κ1) is 13.1. The van der Waals surface area contributed by atoms with E-state index in [1.54, 1.807) is 18.5 Å². The Morgan fingerprint density at radius 2 is 2.32 bits per heavy atom. The zero-order valence-electron chi connectivity index (χ0n) is 10.8. The van der Waals surface area contributed by atoms with Gasteiger partial charge in [0.05, 0.1) is 11.9 Å². The number of pyridine rings is 1. The van der Waals surface area contributed by atoms with Crippen LogP contribution in [0.4, 0.5) is 5.69 Å². The standard InChI is InChI=1S/C13H17N5O/c1-14-11-4-5-12(16-10-11)13(19)15-6-2-8-18-9-3-7-17-18/h3-5,7,9-10,14H,2,6,8H2,1H3,(H,15,19). The molecule has 0 saturated heterocycles. The normalized spacial score (nSPS) is 10.2. The van der Waals surface area contributed by atoms with Gasteiger partial charge in [-0.3, -0.25) is 9.48 Å². The monoisotopic (exact) mass is 259 g/mol. The molecule has 0 aliphatic rings. The molecule has 2 N–H and O–H groups in total. The molecule has 1 amide bonds. The van der Waals surface area contributed by atoms with Gasteiger partial charge in [-0.25, -0.2) is 4.98 Å². The van der Waals surface area contributed by atoms with E-state index >= 15 is 0 Å². The molecule has 2 aromatic rings. The van der Waals surface area contributed by atoms with Crippen LogP contribution in [0.15, 0.2) is 36.8 Å². The highest BCUT2D eigenvalue weighted by Gasteiger charge is 2.05. The summed E-state index contributed by atoms with van der Waals surface area (Å²) < 4.78 is 1.84. The van der Waals surface area contributed by atoms with Gasteiger partial charge in [-0.15, -0.1) is 0 Å². The molecule has 0 unspecified atom stereocenters. The number of hydrogen-bond donors (Lipinski definition) is 2. The Balaban J connectivity index is 1.74. The van der Waals surface area contributed by atoms with E-state index in [0.717, 1.165) is 18.7 Å². The third kappa shape index (κ3) is 3.80. The second-order valence-electron chi connectivity index (χ2n) is 4.06. The summed E-state index contributed by atoms with van der Waals surface area (Å²) in [5.41, 5.74) is 1.31. The SMILES string of the molecule is CNc1ccc(C(=O)NCCCn2cccn2)nc1. The number of hydrogen-bond acceptors (Lipinski definition) is 4. The molecule has 2 rings (SSSR count). The number of carbonyl (C=O) groups is 1. The minimum Gasteiger partial charge on any atom is -0.387 e. The van der Waals surface area contributed by atoms with Crippen LogP contribution in [-0.4, -0.2) is 34.3 Å². The van der Waals surface area contributed by atoms with Crippen molar-refractivity contribution < 1.29 is 4.79 Å². The summed E-state index contributed by atoms with van der Waals surface area (Å²) in [4.78, 5) is 15.9. The lowest BCUT2D eigenvalue weighted by Crippen LogP contribution is -2.26. The van der Waals surface area contributed by atoms with Crippen molar-refractivity contribution in [1.82, 2.24) is 20.1 Å². The van der Waals surface area contributed by atoms with E-state index in [-0.39, 0.29) is 5.91 Å². The molecule has 0 bridgehead atoms. The molecular formula is C13H17N5O. The molecule has 6 heteroatoms. The number of rotatable bonds is 6. The number of aryl methyl sites for hydroxylation is 1. The van der Waals surface area contributed by atoms with E-state index in [0.29, 0.717) is 12.2 Å². The van der Waals surface area contributed by atoms with E-state index in [9.17, 15) is 4.79 Å². The Kier molecular flexibility index (Phi) is 4.49. The topological polar surface area (TPSA) is 71.8 Å². The average molecular weight is 259 g/mol. The summed E-state index contributed by atoms with van der Waals surface area (Å²) in [5.74, 6) is -0.150. The third-order valence-electron chi connectivity index (χ3n) is 2.69. The van der Waals surface area contributed by atoms with Crippen LogP contribution < -0.4 is 10.6 Å². The first-order valence-corrected chi connectivity index (χ1v) is 6.19. The molecule has 0 radical (unpaired) electrons. The predicted molar refractivity (Wildman–Crippen MR) is 73.0 cm³/mol. The van der Waals surface area contributed by atoms with Crippen LogP contribution in [-0.2, 0) is 6.54 Å². The summed E-state index contributed by atoms with van der Waals surface area (Å²) in [5, 5.41) is 9.89. The highest BCUT2D eigenvalue weighted by molar-refractivity contribution is 5.92. The van der Waals surface area contributed by atoms with Crippen molar-refractivity contribution in [3.05, 3.63) is 42.5 Å². The van der Waals surface area contributed by atoms with Crippen LogP contribution in [0.25, 0.3) is 0 Å². The molecule has 0 aromatic carbocycles. The largest absolute Gasteiger partial charge is 0.387 e. The predicted octanol–water partition coefficient (Wildman–Crippen LogP) is 1.14. The highest BCUT2D eigenvalue weighted by atomic mass is 16.1. The molecular weight excluding hydrogens is 242 g/mol. The Hall–Kier alpha value is -2.37. The summed E-state index contributed by atoms with van der Waals surface area (Å²) in [6, 6.07) is 5.41. The average Bonchev–Trinajstić information content (AvgIpc) is 2.96. The van der Waals surface area contributed by atoms with Gasteiger partial charge in [0, 0.05) is 32.5 Å². The van der Waals surface area contributed by atoms with Crippen LogP contribution in [0.2, 0.25) is 0 Å². The van der Waals surface area contributed by atoms with E-state index in [1.165, 1.54) is 0 Å². The second kappa shape index (κ2) is 6.53. The molecule has 0 atom stereocenters. The maximum Gasteiger partial charge on any atom is 0.269 e. The first-order valence-electron chi connectivity index (χ1n) is 6.19. The van der Waals surface area contributed by atoms with Crippen LogP contribution in [0, 0.1) is 0 Å². The summed E-state index contributed by atoms with van der Waals surface area (Å²) >= 11 is 0. The maximum absolute atomic E-state index is 11.8. The van der Waals surface area contributed by atoms with Crippen LogP contribution >= 0.6 is 0 Å². The molecule has 6 nitrogen and oxygen atoms in total. The fourth-order valence-electron chi connectivity index (χ4n) is 1.64. The van der Waals surface area contributed by atoms with Crippen molar-refractivity contribution in [2.45, 2.75) is 13.0 Å². The third-order valence-corrected chi connectivity index (χ3v) is 2.69. The van der Waals surface area contributed by atoms with Gasteiger partial charge in [-0.2, -0.15) is 5.10 Å². The van der Waals surface area contributed by atoms with Crippen molar-refractivity contribution in [3.63, 3.8) is 0 Å². The van der Waals surface area contributed by atoms with E-state index in [4.69, 9.17) is 0 Å². The van der Waals surface area contributed by atoms with E-state index < -0.39 is 0 Å². The van der Waals surface area contributed by atoms with Crippen LogP contribution in [0.5, 0.6) is 0 Å². The zero-order chi connectivity index (χ0) is 13.5. The molecule has 2 heterocycles. The van der Waals surface area contributed by atoms with Gasteiger partial charge >= 0.3 is 0 Å². The minimum absolute atomic E-state index is 0.150. The number of aromatic nitrogens is 3. The van der Waals surface area contributed by atoms with Crippen molar-refractivity contribution in [2.75, 3.05) is 18.9 Å². The van der Waals surface area contributed by atoms with Gasteiger partial charge < -0.3 is 10.6 Å². The number of amides is 1. The fraction of sp³-hybridized carbons (Fsp3) is 0.308. The summed E-state index contributed by atoms with van der Waals surface area (Å²) in [7, 11) is 1.81. The lowest BCUT2D eigenvalue weighted by atomic mass is 10.3. The van der Waals surface area contributed by atoms with Gasteiger partial charge in [-0.05, 0) is 24.6 Å². The molecule has 0 aliphatic carbocycles. The Labute approximate surface area is 111 Å². The lowest BCUT2D eigenvalue weighted by Gasteiger charge is -2.05. The Morgan fingerprint density at radius 3 is 2.95 bits per heavy atom. The van der Waals surface area contributed by atoms with E-state index in [1.807, 2.05) is 30.1 Å². The highest BCUT2D eigenvalue weighted by Crippen LogP contribution is 2.04. The molecule has 0 fully saturated rings. The van der Waals surface area contributed by atoms with Crippen molar-refractivity contribution >= 4 is 11.6 Å².